The fourth-order valence-electron chi connectivity index (χ4n) is 1.08. The second-order valence-electron chi connectivity index (χ2n) is 3.16. The van der Waals surface area contributed by atoms with Crippen LogP contribution in [-0.2, 0) is 9.59 Å². The van der Waals surface area contributed by atoms with Crippen molar-refractivity contribution in [3.05, 3.63) is 24.3 Å². The Bertz CT molecular complexity index is 378. The molecule has 0 bridgehead atoms. The summed E-state index contributed by atoms with van der Waals surface area (Å²) in [6.45, 7) is -0.123. The average molecular weight is 284 g/mol. The summed E-state index contributed by atoms with van der Waals surface area (Å²) in [5, 5.41) is 2.58. The van der Waals surface area contributed by atoms with Crippen molar-refractivity contribution < 1.29 is 13.7 Å². The van der Waals surface area contributed by atoms with Gasteiger partial charge in [0, 0.05) is 0 Å². The van der Waals surface area contributed by atoms with E-state index in [1.165, 1.54) is 0 Å². The van der Waals surface area contributed by atoms with Crippen LogP contribution in [0.2, 0.25) is 0 Å². The molecule has 1 unspecified atom stereocenters. The number of nitrogens with one attached hydrogen (secondary N) is 1. The third-order valence-electron chi connectivity index (χ3n) is 1.88. The molecule has 6 heteroatoms. The van der Waals surface area contributed by atoms with Crippen molar-refractivity contribution in [2.45, 2.75) is 6.42 Å². The molecule has 1 rings (SSSR count). The Kier molecular flexibility index (Phi) is 5.18. The third-order valence-corrected chi connectivity index (χ3v) is 3.12. The van der Waals surface area contributed by atoms with Crippen LogP contribution in [0.1, 0.15) is 6.42 Å². The molecule has 0 aliphatic heterocycles. The molecule has 0 heterocycles. The van der Waals surface area contributed by atoms with Gasteiger partial charge in [0.1, 0.15) is 0 Å². The van der Waals surface area contributed by atoms with E-state index in [4.69, 9.17) is 9.83 Å². The summed E-state index contributed by atoms with van der Waals surface area (Å²) in [6, 6.07) is 6.89. The number of ketones is 1. The van der Waals surface area contributed by atoms with Crippen LogP contribution in [0, 0.1) is 0 Å². The van der Waals surface area contributed by atoms with Crippen molar-refractivity contribution in [3.63, 3.8) is 0 Å². The Labute approximate surface area is 100 Å². The van der Waals surface area contributed by atoms with Gasteiger partial charge in [-0.25, -0.2) is 0 Å². The van der Waals surface area contributed by atoms with Gasteiger partial charge in [0.05, 0.1) is 0 Å². The normalized spacial score (nSPS) is 10.6. The van der Waals surface area contributed by atoms with Crippen LogP contribution in [0.3, 0.4) is 0 Å². The number of amides is 1. The first-order valence-electron chi connectivity index (χ1n) is 4.67. The number of nitrogens with two attached hydrogens (primary N) is 1. The number of anilines is 1. The van der Waals surface area contributed by atoms with Gasteiger partial charge in [-0.05, 0) is 0 Å². The maximum absolute atomic E-state index is 11.3. The number of benzene rings is 1. The molecule has 4 N–H and O–H groups in total. The first-order chi connectivity index (χ1) is 7.65. The first kappa shape index (κ1) is 12.9. The fourth-order valence-corrected chi connectivity index (χ4v) is 1.75. The van der Waals surface area contributed by atoms with E-state index < -0.39 is 16.1 Å². The van der Waals surface area contributed by atoms with Gasteiger partial charge < -0.3 is 0 Å². The fraction of sp³-hybridized carbons (Fsp3) is 0.200. The van der Waals surface area contributed by atoms with Crippen LogP contribution in [0.25, 0.3) is 0 Å². The van der Waals surface area contributed by atoms with E-state index in [0.29, 0.717) is 5.69 Å². The SMILES string of the molecule is NCC(=O)CC(=O)Nc1ccc([AsH]O)cc1. The van der Waals surface area contributed by atoms with Crippen molar-refractivity contribution in [1.82, 2.24) is 0 Å². The molecule has 0 aliphatic rings. The monoisotopic (exact) mass is 284 g/mol. The van der Waals surface area contributed by atoms with Crippen LogP contribution in [0.4, 0.5) is 5.69 Å². The van der Waals surface area contributed by atoms with Gasteiger partial charge in [0.2, 0.25) is 0 Å². The van der Waals surface area contributed by atoms with Crippen LogP contribution >= 0.6 is 0 Å². The van der Waals surface area contributed by atoms with Crippen LogP contribution in [0.15, 0.2) is 24.3 Å². The molecule has 0 aliphatic carbocycles. The number of hydrogen-bond donors (Lipinski definition) is 3. The van der Waals surface area contributed by atoms with E-state index in [-0.39, 0.29) is 24.7 Å². The van der Waals surface area contributed by atoms with Gasteiger partial charge in [0.25, 0.3) is 0 Å². The number of carbonyl (C=O) groups excluding carboxylic acids is 2. The molecule has 1 aromatic rings. The van der Waals surface area contributed by atoms with Crippen molar-refractivity contribution in [2.24, 2.45) is 5.73 Å². The molecule has 0 radical (unpaired) electrons. The number of rotatable bonds is 5. The Morgan fingerprint density at radius 3 is 2.44 bits per heavy atom. The Balaban J connectivity index is 2.52. The van der Waals surface area contributed by atoms with Crippen molar-refractivity contribution in [3.8, 4) is 0 Å². The molecule has 86 valence electrons. The van der Waals surface area contributed by atoms with Gasteiger partial charge in [-0.1, -0.05) is 0 Å². The molecule has 1 aromatic carbocycles. The van der Waals surface area contributed by atoms with E-state index >= 15 is 0 Å². The molecule has 0 aromatic heterocycles. The zero-order chi connectivity index (χ0) is 12.0. The van der Waals surface area contributed by atoms with Gasteiger partial charge in [0.15, 0.2) is 0 Å². The van der Waals surface area contributed by atoms with E-state index in [1.54, 1.807) is 24.3 Å². The summed E-state index contributed by atoms with van der Waals surface area (Å²) in [4.78, 5) is 22.2. The van der Waals surface area contributed by atoms with Gasteiger partial charge in [-0.3, -0.25) is 0 Å². The molecular weight excluding hydrogens is 271 g/mol. The van der Waals surface area contributed by atoms with Gasteiger partial charge in [-0.15, -0.1) is 0 Å². The molecule has 1 atom stereocenters. The van der Waals surface area contributed by atoms with Crippen LogP contribution in [-0.4, -0.2) is 38.4 Å². The number of Topliss-reactive ketones (excluding diaryl/α,β-unsaturated/α-hetero) is 1. The van der Waals surface area contributed by atoms with Gasteiger partial charge in [-0.2, -0.15) is 0 Å². The predicted octanol–water partition coefficient (Wildman–Crippen LogP) is -1.49. The summed E-state index contributed by atoms with van der Waals surface area (Å²) in [5.74, 6) is -0.667. The molecular formula is C10H13AsN2O3. The second kappa shape index (κ2) is 6.43. The summed E-state index contributed by atoms with van der Waals surface area (Å²) in [5.41, 5.74) is 5.71. The minimum atomic E-state index is -1.05. The first-order valence-corrected chi connectivity index (χ1v) is 6.66. The summed E-state index contributed by atoms with van der Waals surface area (Å²) in [6.07, 6.45) is -0.202. The quantitative estimate of drug-likeness (QED) is 0.454. The van der Waals surface area contributed by atoms with Crippen LogP contribution < -0.4 is 15.4 Å². The second-order valence-corrected chi connectivity index (χ2v) is 4.84. The van der Waals surface area contributed by atoms with Gasteiger partial charge >= 0.3 is 99.8 Å². The van der Waals surface area contributed by atoms with Crippen molar-refractivity contribution >= 4 is 37.8 Å². The molecule has 1 amide bonds. The zero-order valence-corrected chi connectivity index (χ0v) is 10.7. The standard InChI is InChI=1S/C10H13AsN2O3/c12-6-9(14)5-10(15)13-8-3-1-7(11-16)2-4-8/h1-4,11,16H,5-6,12H2,(H,13,15). The average Bonchev–Trinajstić information content (AvgIpc) is 2.29. The molecule has 16 heavy (non-hydrogen) atoms. The Hall–Kier alpha value is -1.16. The van der Waals surface area contributed by atoms with Crippen molar-refractivity contribution in [2.75, 3.05) is 11.9 Å². The van der Waals surface area contributed by atoms with E-state index in [1.807, 2.05) is 0 Å². The topological polar surface area (TPSA) is 92.4 Å². The maximum atomic E-state index is 11.3. The Morgan fingerprint density at radius 1 is 1.31 bits per heavy atom. The van der Waals surface area contributed by atoms with Crippen molar-refractivity contribution in [1.29, 1.82) is 0 Å². The van der Waals surface area contributed by atoms with E-state index in [0.717, 1.165) is 4.35 Å². The molecule has 0 saturated heterocycles. The van der Waals surface area contributed by atoms with E-state index in [2.05, 4.69) is 5.32 Å². The molecule has 0 spiro atoms. The summed E-state index contributed by atoms with van der Waals surface area (Å²) in [7, 11) is 0. The molecule has 0 fully saturated rings. The predicted molar refractivity (Wildman–Crippen MR) is 62.8 cm³/mol. The third kappa shape index (κ3) is 4.14. The summed E-state index contributed by atoms with van der Waals surface area (Å²) < 4.78 is 9.83. The number of carbonyl (C=O) groups is 2. The minimum absolute atomic E-state index is 0.123. The number of hydrogen-bond acceptors (Lipinski definition) is 4. The molecule has 5 nitrogen and oxygen atoms in total. The zero-order valence-electron chi connectivity index (χ0n) is 8.56. The Morgan fingerprint density at radius 2 is 1.94 bits per heavy atom. The van der Waals surface area contributed by atoms with E-state index in [9.17, 15) is 9.59 Å². The van der Waals surface area contributed by atoms with Crippen LogP contribution in [0.5, 0.6) is 0 Å². The molecule has 0 saturated carbocycles. The summed E-state index contributed by atoms with van der Waals surface area (Å²) >= 11 is -1.05.